The van der Waals surface area contributed by atoms with Gasteiger partial charge in [-0.15, -0.1) is 5.16 Å². The molecule has 7 N–H and O–H groups in total. The average Bonchev–Trinajstić information content (AvgIpc) is 3.46. The van der Waals surface area contributed by atoms with E-state index in [0.29, 0.717) is 25.7 Å². The fourth-order valence-corrected chi connectivity index (χ4v) is 9.94. The Hall–Kier alpha value is -1.64. The number of hydrogen-bond donors (Lipinski definition) is 7. The van der Waals surface area contributed by atoms with E-state index >= 15 is 0 Å². The molecule has 5 fully saturated rings. The maximum Gasteiger partial charge on any atom is 0.331 e. The molecular formula is C29H43NO11. The van der Waals surface area contributed by atoms with Crippen molar-refractivity contribution in [2.24, 2.45) is 33.7 Å². The second kappa shape index (κ2) is 9.95. The Morgan fingerprint density at radius 2 is 1.78 bits per heavy atom. The van der Waals surface area contributed by atoms with Crippen LogP contribution >= 0.6 is 0 Å². The van der Waals surface area contributed by atoms with Crippen LogP contribution < -0.4 is 0 Å². The molecule has 12 heteroatoms. The Bertz CT molecular complexity index is 1120. The highest BCUT2D eigenvalue weighted by Gasteiger charge is 2.73. The summed E-state index contributed by atoms with van der Waals surface area (Å²) in [5.74, 6) is -1.50. The van der Waals surface area contributed by atoms with Crippen LogP contribution in [0.3, 0.4) is 0 Å². The molecule has 0 amide bonds. The first kappa shape index (κ1) is 29.4. The van der Waals surface area contributed by atoms with Crippen LogP contribution in [-0.4, -0.2) is 109 Å². The van der Waals surface area contributed by atoms with Gasteiger partial charge in [-0.05, 0) is 69.3 Å². The van der Waals surface area contributed by atoms with Gasteiger partial charge in [0.05, 0.1) is 35.7 Å². The first-order chi connectivity index (χ1) is 19.3. The van der Waals surface area contributed by atoms with Gasteiger partial charge in [-0.1, -0.05) is 6.92 Å². The van der Waals surface area contributed by atoms with E-state index in [1.54, 1.807) is 6.92 Å². The molecule has 2 heterocycles. The number of hydrogen-bond acceptors (Lipinski definition) is 12. The standard InChI is InChI=1S/C29H43NO11/c1-14-22(33)23(34)24(35)25(40-14)41-16-3-6-27(13-30-38)21-18(4-7-28(27,36)10-16)29(37)8-5-17(15-9-20(32)39-12-15)26(29,2)11-19(21)31/h9,13-14,16-19,21-25,31,33-38H,3-8,10-12H2,1-2H3/b30-13+/t14-,16+,17-,18+,19+,21+,22-,23-,24-,25-,26+,27-,28-,29-/m0/s1. The maximum atomic E-state index is 12.4. The van der Waals surface area contributed by atoms with Gasteiger partial charge in [-0.2, -0.15) is 0 Å². The summed E-state index contributed by atoms with van der Waals surface area (Å²) in [6, 6.07) is 0. The second-order valence-corrected chi connectivity index (χ2v) is 13.7. The van der Waals surface area contributed by atoms with Crippen LogP contribution in [0.1, 0.15) is 65.2 Å². The number of esters is 1. The lowest BCUT2D eigenvalue weighted by Gasteiger charge is -2.67. The molecule has 0 spiro atoms. The molecule has 0 bridgehead atoms. The molecule has 4 aliphatic carbocycles. The lowest BCUT2D eigenvalue weighted by atomic mass is 9.41. The number of rotatable bonds is 4. The number of aliphatic hydroxyl groups excluding tert-OH is 4. The molecule has 0 aromatic heterocycles. The minimum Gasteiger partial charge on any atom is -0.458 e. The molecular weight excluding hydrogens is 538 g/mol. The van der Waals surface area contributed by atoms with Gasteiger partial charge in [0.25, 0.3) is 0 Å². The molecule has 41 heavy (non-hydrogen) atoms. The topological polar surface area (TPSA) is 199 Å². The van der Waals surface area contributed by atoms with Gasteiger partial charge in [-0.25, -0.2) is 4.79 Å². The Labute approximate surface area is 238 Å². The van der Waals surface area contributed by atoms with Crippen LogP contribution in [0.2, 0.25) is 0 Å². The van der Waals surface area contributed by atoms with E-state index in [1.807, 2.05) is 6.92 Å². The van der Waals surface area contributed by atoms with Crippen molar-refractivity contribution in [2.45, 2.75) is 119 Å². The molecule has 14 atom stereocenters. The summed E-state index contributed by atoms with van der Waals surface area (Å²) in [4.78, 5) is 11.8. The lowest BCUT2D eigenvalue weighted by Crippen LogP contribution is -2.72. The number of carbonyl (C=O) groups excluding carboxylic acids is 1. The number of carbonyl (C=O) groups is 1. The Balaban J connectivity index is 1.28. The zero-order valence-electron chi connectivity index (χ0n) is 23.5. The number of cyclic esters (lactones) is 1. The van der Waals surface area contributed by atoms with E-state index in [1.165, 1.54) is 12.3 Å². The summed E-state index contributed by atoms with van der Waals surface area (Å²) >= 11 is 0. The number of fused-ring (bicyclic) bond motifs is 5. The molecule has 0 aromatic rings. The maximum absolute atomic E-state index is 12.4. The van der Waals surface area contributed by atoms with Gasteiger partial charge in [0.15, 0.2) is 6.29 Å². The normalized spacial score (nSPS) is 55.2. The van der Waals surface area contributed by atoms with E-state index in [9.17, 15) is 40.6 Å². The highest BCUT2D eigenvalue weighted by atomic mass is 16.7. The lowest BCUT2D eigenvalue weighted by molar-refractivity contribution is -0.318. The molecule has 230 valence electrons. The Morgan fingerprint density at radius 3 is 2.46 bits per heavy atom. The molecule has 6 aliphatic rings. The predicted octanol–water partition coefficient (Wildman–Crippen LogP) is -0.0181. The highest BCUT2D eigenvalue weighted by molar-refractivity contribution is 5.85. The molecule has 2 aliphatic heterocycles. The number of nitrogens with zero attached hydrogens (tertiary/aromatic N) is 1. The first-order valence-corrected chi connectivity index (χ1v) is 14.8. The number of aliphatic hydroxyl groups is 6. The number of oxime groups is 1. The van der Waals surface area contributed by atoms with E-state index in [-0.39, 0.29) is 44.2 Å². The van der Waals surface area contributed by atoms with Crippen molar-refractivity contribution in [3.8, 4) is 0 Å². The second-order valence-electron chi connectivity index (χ2n) is 13.7. The van der Waals surface area contributed by atoms with Gasteiger partial charge in [0.1, 0.15) is 24.9 Å². The molecule has 0 radical (unpaired) electrons. The van der Waals surface area contributed by atoms with E-state index < -0.39 is 76.8 Å². The summed E-state index contributed by atoms with van der Waals surface area (Å²) in [5, 5.41) is 80.4. The van der Waals surface area contributed by atoms with Gasteiger partial charge < -0.3 is 50.1 Å². The van der Waals surface area contributed by atoms with E-state index in [0.717, 1.165) is 5.57 Å². The summed E-state index contributed by atoms with van der Waals surface area (Å²) in [5.41, 5.74) is -3.65. The summed E-state index contributed by atoms with van der Waals surface area (Å²) in [6.07, 6.45) is -2.02. The minimum atomic E-state index is -1.48. The van der Waals surface area contributed by atoms with Crippen molar-refractivity contribution in [1.82, 2.24) is 0 Å². The molecule has 12 nitrogen and oxygen atoms in total. The average molecular weight is 582 g/mol. The fourth-order valence-electron chi connectivity index (χ4n) is 9.94. The third-order valence-corrected chi connectivity index (χ3v) is 12.0. The Morgan fingerprint density at radius 1 is 1.02 bits per heavy atom. The van der Waals surface area contributed by atoms with Crippen LogP contribution in [-0.2, 0) is 19.0 Å². The summed E-state index contributed by atoms with van der Waals surface area (Å²) < 4.78 is 16.8. The zero-order chi connectivity index (χ0) is 29.5. The molecule has 1 saturated heterocycles. The third-order valence-electron chi connectivity index (χ3n) is 12.0. The van der Waals surface area contributed by atoms with Crippen molar-refractivity contribution in [3.05, 3.63) is 11.6 Å². The smallest absolute Gasteiger partial charge is 0.331 e. The molecule has 4 saturated carbocycles. The van der Waals surface area contributed by atoms with Gasteiger partial charge >= 0.3 is 5.97 Å². The van der Waals surface area contributed by atoms with E-state index in [4.69, 9.17) is 14.2 Å². The summed E-state index contributed by atoms with van der Waals surface area (Å²) in [6.45, 7) is 3.74. The van der Waals surface area contributed by atoms with Crippen LogP contribution in [0.25, 0.3) is 0 Å². The minimum absolute atomic E-state index is 0.0965. The van der Waals surface area contributed by atoms with Crippen molar-refractivity contribution in [2.75, 3.05) is 6.61 Å². The van der Waals surface area contributed by atoms with E-state index in [2.05, 4.69) is 5.16 Å². The quantitative estimate of drug-likeness (QED) is 0.0774. The van der Waals surface area contributed by atoms with Gasteiger partial charge in [-0.3, -0.25) is 0 Å². The highest BCUT2D eigenvalue weighted by Crippen LogP contribution is 2.70. The van der Waals surface area contributed by atoms with Gasteiger partial charge in [0.2, 0.25) is 0 Å². The molecule has 0 unspecified atom stereocenters. The van der Waals surface area contributed by atoms with Gasteiger partial charge in [0, 0.05) is 29.2 Å². The van der Waals surface area contributed by atoms with Crippen LogP contribution in [0.5, 0.6) is 0 Å². The predicted molar refractivity (Wildman–Crippen MR) is 140 cm³/mol. The van der Waals surface area contributed by atoms with Crippen molar-refractivity contribution < 1.29 is 54.9 Å². The largest absolute Gasteiger partial charge is 0.458 e. The first-order valence-electron chi connectivity index (χ1n) is 14.8. The van der Waals surface area contributed by atoms with Crippen LogP contribution in [0, 0.1) is 28.6 Å². The van der Waals surface area contributed by atoms with Crippen LogP contribution in [0.15, 0.2) is 16.8 Å². The summed E-state index contributed by atoms with van der Waals surface area (Å²) in [7, 11) is 0. The zero-order valence-corrected chi connectivity index (χ0v) is 23.5. The van der Waals surface area contributed by atoms with Crippen molar-refractivity contribution in [3.63, 3.8) is 0 Å². The molecule has 0 aromatic carbocycles. The fraction of sp³-hybridized carbons (Fsp3) is 0.862. The Kier molecular flexibility index (Phi) is 7.14. The third kappa shape index (κ3) is 4.09. The SMILES string of the molecule is C[C@@H]1O[C@@H](O[C@@H]2CC[C@]3(/C=N/O)[C@H]4[C@H](O)C[C@]5(C)[C@H](C6=CC(=O)OC6)CC[C@]5(O)[C@@H]4CC[C@]3(O)C2)[C@@H](O)[C@@H](O)[C@H]1O. The van der Waals surface area contributed by atoms with Crippen molar-refractivity contribution in [1.29, 1.82) is 0 Å². The molecule has 6 rings (SSSR count). The number of ether oxygens (including phenoxy) is 3. The van der Waals surface area contributed by atoms with Crippen LogP contribution in [0.4, 0.5) is 0 Å². The monoisotopic (exact) mass is 581 g/mol. The van der Waals surface area contributed by atoms with Crippen molar-refractivity contribution >= 4 is 12.2 Å².